The van der Waals surface area contributed by atoms with E-state index in [9.17, 15) is 0 Å². The summed E-state index contributed by atoms with van der Waals surface area (Å²) in [5.41, 5.74) is 12.0. The van der Waals surface area contributed by atoms with Gasteiger partial charge in [0.1, 0.15) is 16.9 Å². The summed E-state index contributed by atoms with van der Waals surface area (Å²) in [5, 5.41) is 7.08. The van der Waals surface area contributed by atoms with Gasteiger partial charge in [-0.3, -0.25) is 0 Å². The highest BCUT2D eigenvalue weighted by Gasteiger charge is 2.18. The highest BCUT2D eigenvalue weighted by atomic mass is 32.1. The Balaban J connectivity index is 1.16. The van der Waals surface area contributed by atoms with Crippen LogP contribution in [0, 0.1) is 0 Å². The molecule has 0 spiro atoms. The van der Waals surface area contributed by atoms with E-state index in [2.05, 4.69) is 133 Å². The molecule has 49 heavy (non-hydrogen) atoms. The van der Waals surface area contributed by atoms with Crippen LogP contribution in [0.15, 0.2) is 178 Å². The van der Waals surface area contributed by atoms with E-state index in [-0.39, 0.29) is 0 Å². The van der Waals surface area contributed by atoms with Crippen molar-refractivity contribution >= 4 is 81.5 Å². The molecule has 0 amide bonds. The number of allylic oxidation sites excluding steroid dienone is 1. The first-order valence-electron chi connectivity index (χ1n) is 16.3. The smallest absolute Gasteiger partial charge is 0.161 e. The predicted molar refractivity (Wildman–Crippen MR) is 207 cm³/mol. The lowest BCUT2D eigenvalue weighted by Gasteiger charge is -2.08. The molecule has 0 radical (unpaired) electrons. The quantitative estimate of drug-likeness (QED) is 0.176. The minimum absolute atomic E-state index is 0.646. The van der Waals surface area contributed by atoms with Gasteiger partial charge in [-0.2, -0.15) is 0 Å². The van der Waals surface area contributed by atoms with Crippen molar-refractivity contribution in [3.63, 3.8) is 0 Å². The van der Waals surface area contributed by atoms with E-state index < -0.39 is 0 Å². The third-order valence-corrected chi connectivity index (χ3v) is 10.6. The van der Waals surface area contributed by atoms with Gasteiger partial charge in [0.25, 0.3) is 0 Å². The first kappa shape index (κ1) is 27.8. The van der Waals surface area contributed by atoms with Crippen molar-refractivity contribution in [1.82, 2.24) is 0 Å². The summed E-state index contributed by atoms with van der Waals surface area (Å²) in [6.45, 7) is 0. The van der Waals surface area contributed by atoms with Crippen molar-refractivity contribution in [1.29, 1.82) is 0 Å². The third kappa shape index (κ3) is 4.58. The highest BCUT2D eigenvalue weighted by Crippen LogP contribution is 2.41. The van der Waals surface area contributed by atoms with E-state index in [1.165, 1.54) is 36.5 Å². The summed E-state index contributed by atoms with van der Waals surface area (Å²) in [7, 11) is 0. The van der Waals surface area contributed by atoms with E-state index in [0.717, 1.165) is 49.9 Å². The predicted octanol–water partition coefficient (Wildman–Crippen LogP) is 12.2. The molecule has 0 atom stereocenters. The number of thiophene rings is 1. The number of hydrogen-bond donors (Lipinski definition) is 0. The Morgan fingerprint density at radius 1 is 0.490 bits per heavy atom. The summed E-state index contributed by atoms with van der Waals surface area (Å²) in [6, 6.07) is 52.9. The van der Waals surface area contributed by atoms with Crippen LogP contribution in [0.25, 0.3) is 69.7 Å². The van der Waals surface area contributed by atoms with Gasteiger partial charge in [-0.15, -0.1) is 11.3 Å². The van der Waals surface area contributed by atoms with Crippen LogP contribution in [0.5, 0.6) is 0 Å². The second-order valence-electron chi connectivity index (χ2n) is 12.2. The fraction of sp³-hybridized carbons (Fsp3) is 0. The van der Waals surface area contributed by atoms with Crippen LogP contribution in [-0.2, 0) is 0 Å². The van der Waals surface area contributed by atoms with Gasteiger partial charge in [0, 0.05) is 53.7 Å². The van der Waals surface area contributed by atoms with E-state index in [1.807, 2.05) is 30.3 Å². The van der Waals surface area contributed by atoms with Gasteiger partial charge in [-0.05, 0) is 46.2 Å². The van der Waals surface area contributed by atoms with Crippen molar-refractivity contribution < 1.29 is 4.42 Å². The SMILES string of the molecule is C1=CC(c2cccc3c2sc2ccccc23)=NC(c2ccccc2)=NC=1c1ccc2c(c1)oc1cc(-c3ccccc3)c3ccccc3c12. The van der Waals surface area contributed by atoms with Crippen molar-refractivity contribution in [2.24, 2.45) is 9.98 Å². The number of furan rings is 1. The standard InChI is InChI=1S/C45H26N2OS/c1-3-12-28(13-4-1)37-27-41-43(33-18-8-7-16-31(33)37)36-23-22-30(26-40(36)48-41)38-24-25-39(47-45(46-38)29-14-5-2-6-15-29)35-20-11-19-34-32-17-9-10-21-42(32)49-44(34)35/h1-23,25-27H. The van der Waals surface area contributed by atoms with Crippen LogP contribution in [0.3, 0.4) is 0 Å². The average Bonchev–Trinajstić information content (AvgIpc) is 3.65. The molecular weight excluding hydrogens is 617 g/mol. The van der Waals surface area contributed by atoms with Crippen molar-refractivity contribution in [3.8, 4) is 11.1 Å². The van der Waals surface area contributed by atoms with Gasteiger partial charge < -0.3 is 4.42 Å². The lowest BCUT2D eigenvalue weighted by Crippen LogP contribution is -2.04. The lowest BCUT2D eigenvalue weighted by atomic mass is 9.95. The zero-order valence-corrected chi connectivity index (χ0v) is 27.0. The fourth-order valence-corrected chi connectivity index (χ4v) is 8.27. The van der Waals surface area contributed by atoms with E-state index in [0.29, 0.717) is 11.5 Å². The molecule has 10 rings (SSSR count). The lowest BCUT2D eigenvalue weighted by molar-refractivity contribution is 0.669. The van der Waals surface area contributed by atoms with Crippen molar-refractivity contribution in [2.75, 3.05) is 0 Å². The molecule has 3 nitrogen and oxygen atoms in total. The Bertz CT molecular complexity index is 2900. The Morgan fingerprint density at radius 2 is 1.20 bits per heavy atom. The molecule has 3 heterocycles. The third-order valence-electron chi connectivity index (χ3n) is 9.34. The van der Waals surface area contributed by atoms with Gasteiger partial charge in [0.05, 0.1) is 5.71 Å². The number of fused-ring (bicyclic) bond motifs is 8. The number of amidine groups is 1. The maximum atomic E-state index is 6.64. The topological polar surface area (TPSA) is 37.9 Å². The fourth-order valence-electron chi connectivity index (χ4n) is 7.04. The minimum atomic E-state index is 0.646. The maximum Gasteiger partial charge on any atom is 0.161 e. The molecule has 228 valence electrons. The number of aliphatic imine (C=N–C) groups is 2. The maximum absolute atomic E-state index is 6.64. The monoisotopic (exact) mass is 642 g/mol. The van der Waals surface area contributed by atoms with Crippen molar-refractivity contribution in [2.45, 2.75) is 0 Å². The van der Waals surface area contributed by atoms with Gasteiger partial charge >= 0.3 is 0 Å². The van der Waals surface area contributed by atoms with Crippen molar-refractivity contribution in [3.05, 3.63) is 180 Å². The molecule has 4 heteroatoms. The summed E-state index contributed by atoms with van der Waals surface area (Å²) in [6.07, 6.45) is 1.98. The van der Waals surface area contributed by atoms with Crippen LogP contribution in [0.1, 0.15) is 16.7 Å². The van der Waals surface area contributed by atoms with Crippen LogP contribution in [0.2, 0.25) is 0 Å². The molecule has 1 aliphatic rings. The first-order valence-corrected chi connectivity index (χ1v) is 17.1. The molecule has 2 aromatic heterocycles. The summed E-state index contributed by atoms with van der Waals surface area (Å²) in [4.78, 5) is 10.3. The Kier molecular flexibility index (Phi) is 6.31. The number of rotatable bonds is 4. The first-order chi connectivity index (χ1) is 24.3. The van der Waals surface area contributed by atoms with Gasteiger partial charge in [0.15, 0.2) is 5.84 Å². The molecule has 0 aliphatic carbocycles. The van der Waals surface area contributed by atoms with E-state index in [4.69, 9.17) is 14.4 Å². The summed E-state index contributed by atoms with van der Waals surface area (Å²) >= 11 is 1.80. The Morgan fingerprint density at radius 3 is 2.04 bits per heavy atom. The molecule has 0 saturated carbocycles. The van der Waals surface area contributed by atoms with Crippen LogP contribution < -0.4 is 0 Å². The van der Waals surface area contributed by atoms with Crippen LogP contribution in [-0.4, -0.2) is 11.5 Å². The Labute approximate surface area is 286 Å². The molecule has 1 aliphatic heterocycles. The summed E-state index contributed by atoms with van der Waals surface area (Å²) in [5.74, 6) is 0.646. The zero-order valence-electron chi connectivity index (χ0n) is 26.2. The molecule has 9 aromatic rings. The van der Waals surface area contributed by atoms with Gasteiger partial charge in [0.2, 0.25) is 0 Å². The largest absolute Gasteiger partial charge is 0.456 e. The van der Waals surface area contributed by atoms with Crippen LogP contribution >= 0.6 is 11.3 Å². The highest BCUT2D eigenvalue weighted by molar-refractivity contribution is 7.26. The molecule has 0 fully saturated rings. The van der Waals surface area contributed by atoms with E-state index >= 15 is 0 Å². The molecular formula is C45H26N2OS. The molecule has 7 aromatic carbocycles. The van der Waals surface area contributed by atoms with E-state index in [1.54, 1.807) is 11.3 Å². The second-order valence-corrected chi connectivity index (χ2v) is 13.3. The van der Waals surface area contributed by atoms with Gasteiger partial charge in [-0.1, -0.05) is 133 Å². The molecule has 0 unspecified atom stereocenters. The van der Waals surface area contributed by atoms with Crippen LogP contribution in [0.4, 0.5) is 0 Å². The molecule has 0 N–H and O–H groups in total. The molecule has 0 bridgehead atoms. The summed E-state index contributed by atoms with van der Waals surface area (Å²) < 4.78 is 9.11. The number of hydrogen-bond acceptors (Lipinski definition) is 4. The zero-order chi connectivity index (χ0) is 32.3. The number of nitrogens with zero attached hydrogens (tertiary/aromatic N) is 2. The average molecular weight is 643 g/mol. The number of benzene rings is 7. The minimum Gasteiger partial charge on any atom is -0.456 e. The van der Waals surface area contributed by atoms with Gasteiger partial charge in [-0.25, -0.2) is 9.98 Å². The Hall–Kier alpha value is -6.32. The molecule has 0 saturated heterocycles. The second kappa shape index (κ2) is 11.1. The normalized spacial score (nSPS) is 13.3.